The first kappa shape index (κ1) is 23.5. The topological polar surface area (TPSA) is 64.1 Å². The van der Waals surface area contributed by atoms with Crippen LogP contribution >= 0.6 is 37.2 Å². The molecule has 0 aliphatic heterocycles. The molecule has 0 aromatic heterocycles. The first-order valence-corrected chi connectivity index (χ1v) is 4.02. The fourth-order valence-electron chi connectivity index (χ4n) is 0.746. The summed E-state index contributed by atoms with van der Waals surface area (Å²) >= 11 is 0. The van der Waals surface area contributed by atoms with Gasteiger partial charge in [0.1, 0.15) is 0 Å². The van der Waals surface area contributed by atoms with Crippen molar-refractivity contribution in [1.82, 2.24) is 5.32 Å². The summed E-state index contributed by atoms with van der Waals surface area (Å²) < 4.78 is 0. The number of unbranched alkanes of at least 4 members (excludes halogenated alkanes) is 1. The van der Waals surface area contributed by atoms with Gasteiger partial charge in [0.25, 0.3) is 0 Å². The first-order valence-electron chi connectivity index (χ1n) is 4.02. The van der Waals surface area contributed by atoms with Crippen molar-refractivity contribution < 1.29 is 0 Å². The number of halogens is 3. The van der Waals surface area contributed by atoms with Crippen LogP contribution in [0.5, 0.6) is 0 Å². The highest BCUT2D eigenvalue weighted by Crippen LogP contribution is 1.81. The minimum Gasteiger partial charge on any atom is -0.330 e. The molecule has 3 nitrogen and oxygen atoms in total. The third-order valence-corrected chi connectivity index (χ3v) is 1.37. The fourth-order valence-corrected chi connectivity index (χ4v) is 0.746. The van der Waals surface area contributed by atoms with Crippen molar-refractivity contribution in [2.24, 2.45) is 11.5 Å². The molecule has 0 saturated carbocycles. The van der Waals surface area contributed by atoms with Crippen LogP contribution < -0.4 is 16.8 Å². The Morgan fingerprint density at radius 2 is 1.15 bits per heavy atom. The fraction of sp³-hybridized carbons (Fsp3) is 1.00. The van der Waals surface area contributed by atoms with Crippen LogP contribution in [0.3, 0.4) is 0 Å². The summed E-state index contributed by atoms with van der Waals surface area (Å²) in [5, 5.41) is 3.29. The Bertz CT molecular complexity index is 58.9. The Kier molecular flexibility index (Phi) is 41.6. The number of hydrogen-bond donors (Lipinski definition) is 3. The zero-order valence-corrected chi connectivity index (χ0v) is 10.3. The Hall–Kier alpha value is 0.750. The van der Waals surface area contributed by atoms with Crippen molar-refractivity contribution >= 4 is 37.2 Å². The molecule has 86 valence electrons. The van der Waals surface area contributed by atoms with Crippen LogP contribution in [0.1, 0.15) is 19.3 Å². The zero-order chi connectivity index (χ0) is 7.66. The van der Waals surface area contributed by atoms with Gasteiger partial charge >= 0.3 is 0 Å². The van der Waals surface area contributed by atoms with Crippen LogP contribution in [0.2, 0.25) is 0 Å². The van der Waals surface area contributed by atoms with Gasteiger partial charge in [-0.3, -0.25) is 0 Å². The summed E-state index contributed by atoms with van der Waals surface area (Å²) in [6.07, 6.45) is 3.37. The number of nitrogens with one attached hydrogen (secondary N) is 1. The van der Waals surface area contributed by atoms with E-state index in [0.717, 1.165) is 39.0 Å². The average molecular weight is 258 g/mol. The van der Waals surface area contributed by atoms with Gasteiger partial charge in [-0.25, -0.2) is 0 Å². The lowest BCUT2D eigenvalue weighted by molar-refractivity contribution is 0.611. The van der Waals surface area contributed by atoms with Gasteiger partial charge in [-0.1, -0.05) is 0 Å². The summed E-state index contributed by atoms with van der Waals surface area (Å²) in [6.45, 7) is 3.71. The quantitative estimate of drug-likeness (QED) is 0.470. The van der Waals surface area contributed by atoms with Gasteiger partial charge in [0.05, 0.1) is 0 Å². The smallest absolute Gasteiger partial charge is 0.00369 e. The number of hydrogen-bond acceptors (Lipinski definition) is 3. The minimum absolute atomic E-state index is 0. The molecule has 0 unspecified atom stereocenters. The maximum atomic E-state index is 5.32. The molecule has 0 aliphatic rings. The zero-order valence-electron chi connectivity index (χ0n) is 7.83. The SMILES string of the molecule is Cl.Cl.Cl.NCCCNC[13CH2][13CH2][13CH2]N. The molecule has 6 heteroatoms. The third kappa shape index (κ3) is 24.5. The van der Waals surface area contributed by atoms with E-state index >= 15 is 0 Å². The molecular formula is C7H22Cl3N3. The van der Waals surface area contributed by atoms with Crippen molar-refractivity contribution in [1.29, 1.82) is 0 Å². The lowest BCUT2D eigenvalue weighted by atomic mass is 10.4. The van der Waals surface area contributed by atoms with Gasteiger partial charge in [-0.05, 0) is 45.4 Å². The molecule has 0 atom stereocenters. The molecule has 0 heterocycles. The summed E-state index contributed by atoms with van der Waals surface area (Å²) in [7, 11) is 0. The van der Waals surface area contributed by atoms with Gasteiger partial charge in [-0.2, -0.15) is 0 Å². The normalized spacial score (nSPS) is 7.85. The molecule has 0 aromatic carbocycles. The molecule has 0 bridgehead atoms. The molecule has 0 aliphatic carbocycles. The van der Waals surface area contributed by atoms with Crippen molar-refractivity contribution in [3.8, 4) is 0 Å². The van der Waals surface area contributed by atoms with Crippen LogP contribution in [0.15, 0.2) is 0 Å². The molecule has 0 radical (unpaired) electrons. The van der Waals surface area contributed by atoms with E-state index < -0.39 is 0 Å². The summed E-state index contributed by atoms with van der Waals surface area (Å²) in [6, 6.07) is 0. The lowest BCUT2D eigenvalue weighted by Gasteiger charge is -2.01. The molecule has 0 amide bonds. The van der Waals surface area contributed by atoms with E-state index in [2.05, 4.69) is 5.32 Å². The van der Waals surface area contributed by atoms with Crippen molar-refractivity contribution in [2.75, 3.05) is 26.2 Å². The number of rotatable bonds is 7. The van der Waals surface area contributed by atoms with E-state index in [1.807, 2.05) is 0 Å². The molecule has 0 saturated heterocycles. The highest BCUT2D eigenvalue weighted by atomic mass is 35.5. The summed E-state index contributed by atoms with van der Waals surface area (Å²) in [4.78, 5) is 0. The molecule has 0 fully saturated rings. The average Bonchev–Trinajstić information content (AvgIpc) is 1.97. The van der Waals surface area contributed by atoms with Gasteiger partial charge < -0.3 is 16.8 Å². The van der Waals surface area contributed by atoms with Crippen LogP contribution in [-0.2, 0) is 0 Å². The molecule has 13 heavy (non-hydrogen) atoms. The molecular weight excluding hydrogens is 235 g/mol. The molecule has 0 rings (SSSR count). The van der Waals surface area contributed by atoms with Crippen molar-refractivity contribution in [3.05, 3.63) is 0 Å². The highest BCUT2D eigenvalue weighted by Gasteiger charge is 1.85. The monoisotopic (exact) mass is 256 g/mol. The predicted octanol–water partition coefficient (Wildman–Crippen LogP) is 0.929. The number of nitrogens with two attached hydrogens (primary N) is 2. The van der Waals surface area contributed by atoms with E-state index in [1.54, 1.807) is 0 Å². The van der Waals surface area contributed by atoms with Gasteiger partial charge in [0, 0.05) is 0 Å². The van der Waals surface area contributed by atoms with Crippen LogP contribution in [0.25, 0.3) is 0 Å². The minimum atomic E-state index is 0. The third-order valence-electron chi connectivity index (χ3n) is 1.37. The Labute approximate surface area is 99.6 Å². The largest absolute Gasteiger partial charge is 0.330 e. The molecule has 0 spiro atoms. The maximum Gasteiger partial charge on any atom is -0.00369 e. The standard InChI is InChI=1S/C7H19N3.3ClH/c8-4-1-2-6-10-7-3-5-9;;;/h10H,1-9H2;3*1H/i1+1,2+1,4+1;;;. The van der Waals surface area contributed by atoms with E-state index in [9.17, 15) is 0 Å². The maximum absolute atomic E-state index is 5.32. The van der Waals surface area contributed by atoms with E-state index in [-0.39, 0.29) is 37.2 Å². The lowest BCUT2D eigenvalue weighted by Crippen LogP contribution is -2.19. The van der Waals surface area contributed by atoms with Crippen LogP contribution in [0.4, 0.5) is 0 Å². The summed E-state index contributed by atoms with van der Waals surface area (Å²) in [5.41, 5.74) is 10.6. The van der Waals surface area contributed by atoms with E-state index in [0.29, 0.717) is 0 Å². The Morgan fingerprint density at radius 1 is 0.692 bits per heavy atom. The Morgan fingerprint density at radius 3 is 1.62 bits per heavy atom. The highest BCUT2D eigenvalue weighted by molar-refractivity contribution is 5.86. The van der Waals surface area contributed by atoms with E-state index in [1.165, 1.54) is 6.42 Å². The van der Waals surface area contributed by atoms with Crippen molar-refractivity contribution in [3.63, 3.8) is 0 Å². The van der Waals surface area contributed by atoms with Crippen LogP contribution in [-0.4, -0.2) is 26.2 Å². The van der Waals surface area contributed by atoms with Crippen LogP contribution in [0, 0.1) is 0 Å². The first-order chi connectivity index (χ1) is 4.91. The Balaban J connectivity index is -0.000000135. The predicted molar refractivity (Wildman–Crippen MR) is 66.6 cm³/mol. The molecule has 5 N–H and O–H groups in total. The second kappa shape index (κ2) is 23.0. The van der Waals surface area contributed by atoms with Crippen molar-refractivity contribution in [2.45, 2.75) is 19.3 Å². The van der Waals surface area contributed by atoms with Gasteiger partial charge in [0.15, 0.2) is 0 Å². The summed E-state index contributed by atoms with van der Waals surface area (Å²) in [5.74, 6) is 0. The molecule has 0 aromatic rings. The van der Waals surface area contributed by atoms with Gasteiger partial charge in [-0.15, -0.1) is 37.2 Å². The van der Waals surface area contributed by atoms with E-state index in [4.69, 9.17) is 11.5 Å². The second-order valence-corrected chi connectivity index (χ2v) is 2.39. The second-order valence-electron chi connectivity index (χ2n) is 2.39. The van der Waals surface area contributed by atoms with Gasteiger partial charge in [0.2, 0.25) is 0 Å².